The zero-order chi connectivity index (χ0) is 13.4. The standard InChI is InChI=1S/C14H25N3O2/c15-13-11-2-1-10(9-11)12(13)14(19)17-5-3-16(4-6-17)7-8-18/h10-13,18H,1-9,15H2. The van der Waals surface area contributed by atoms with Gasteiger partial charge in [0.25, 0.3) is 0 Å². The van der Waals surface area contributed by atoms with E-state index >= 15 is 0 Å². The minimum Gasteiger partial charge on any atom is -0.395 e. The number of hydrogen-bond acceptors (Lipinski definition) is 4. The first-order chi connectivity index (χ1) is 9.20. The molecule has 0 aromatic rings. The highest BCUT2D eigenvalue weighted by atomic mass is 16.3. The second-order valence-corrected chi connectivity index (χ2v) is 6.33. The number of amides is 1. The van der Waals surface area contributed by atoms with Crippen LogP contribution in [0.2, 0.25) is 0 Å². The highest BCUT2D eigenvalue weighted by molar-refractivity contribution is 5.80. The molecular weight excluding hydrogens is 242 g/mol. The number of rotatable bonds is 3. The Labute approximate surface area is 114 Å². The van der Waals surface area contributed by atoms with Crippen molar-refractivity contribution >= 4 is 5.91 Å². The minimum atomic E-state index is 0.0862. The van der Waals surface area contributed by atoms with Crippen molar-refractivity contribution in [2.45, 2.75) is 25.3 Å². The average molecular weight is 267 g/mol. The average Bonchev–Trinajstić information content (AvgIpc) is 3.00. The van der Waals surface area contributed by atoms with Gasteiger partial charge in [-0.15, -0.1) is 0 Å². The number of hydrogen-bond donors (Lipinski definition) is 2. The molecule has 108 valence electrons. The molecule has 0 spiro atoms. The Morgan fingerprint density at radius 3 is 2.42 bits per heavy atom. The molecule has 1 aliphatic heterocycles. The molecule has 4 unspecified atom stereocenters. The zero-order valence-corrected chi connectivity index (χ0v) is 11.5. The molecule has 3 N–H and O–H groups in total. The smallest absolute Gasteiger partial charge is 0.227 e. The maximum Gasteiger partial charge on any atom is 0.227 e. The largest absolute Gasteiger partial charge is 0.395 e. The molecule has 1 saturated heterocycles. The van der Waals surface area contributed by atoms with E-state index in [0.717, 1.165) is 32.7 Å². The normalized spacial score (nSPS) is 38.9. The Bertz CT molecular complexity index is 340. The number of nitrogens with two attached hydrogens (primary N) is 1. The molecular formula is C14H25N3O2. The molecule has 2 saturated carbocycles. The first-order valence-electron chi connectivity index (χ1n) is 7.58. The van der Waals surface area contributed by atoms with Gasteiger partial charge in [0.15, 0.2) is 0 Å². The van der Waals surface area contributed by atoms with Gasteiger partial charge < -0.3 is 15.7 Å². The van der Waals surface area contributed by atoms with Crippen molar-refractivity contribution in [1.82, 2.24) is 9.80 Å². The van der Waals surface area contributed by atoms with Crippen LogP contribution in [0.5, 0.6) is 0 Å². The summed E-state index contributed by atoms with van der Waals surface area (Å²) >= 11 is 0. The van der Waals surface area contributed by atoms with Crippen molar-refractivity contribution in [3.8, 4) is 0 Å². The number of aliphatic hydroxyl groups excluding tert-OH is 1. The van der Waals surface area contributed by atoms with Gasteiger partial charge in [-0.25, -0.2) is 0 Å². The number of carbonyl (C=O) groups is 1. The Hall–Kier alpha value is -0.650. The first kappa shape index (κ1) is 13.3. The number of carbonyl (C=O) groups excluding carboxylic acids is 1. The predicted octanol–water partition coefficient (Wildman–Crippen LogP) is -0.504. The third kappa shape index (κ3) is 2.39. The van der Waals surface area contributed by atoms with Gasteiger partial charge in [0.1, 0.15) is 0 Å². The van der Waals surface area contributed by atoms with Crippen LogP contribution in [0.1, 0.15) is 19.3 Å². The first-order valence-corrected chi connectivity index (χ1v) is 7.58. The fraction of sp³-hybridized carbons (Fsp3) is 0.929. The van der Waals surface area contributed by atoms with E-state index in [1.807, 2.05) is 4.90 Å². The zero-order valence-electron chi connectivity index (χ0n) is 11.5. The summed E-state index contributed by atoms with van der Waals surface area (Å²) < 4.78 is 0. The van der Waals surface area contributed by atoms with Gasteiger partial charge in [-0.05, 0) is 31.1 Å². The lowest BCUT2D eigenvalue weighted by atomic mass is 9.84. The summed E-state index contributed by atoms with van der Waals surface area (Å²) in [5.41, 5.74) is 6.26. The number of nitrogens with zero attached hydrogens (tertiary/aromatic N) is 2. The van der Waals surface area contributed by atoms with Gasteiger partial charge >= 0.3 is 0 Å². The summed E-state index contributed by atoms with van der Waals surface area (Å²) in [5, 5.41) is 8.93. The van der Waals surface area contributed by atoms with Crippen molar-refractivity contribution in [1.29, 1.82) is 0 Å². The maximum absolute atomic E-state index is 12.6. The van der Waals surface area contributed by atoms with Gasteiger partial charge in [-0.2, -0.15) is 0 Å². The molecule has 2 aliphatic carbocycles. The summed E-state index contributed by atoms with van der Waals surface area (Å²) in [6, 6.07) is 0.0988. The van der Waals surface area contributed by atoms with Gasteiger partial charge in [-0.3, -0.25) is 9.69 Å². The van der Waals surface area contributed by atoms with E-state index in [9.17, 15) is 4.79 Å². The Morgan fingerprint density at radius 1 is 1.16 bits per heavy atom. The Morgan fingerprint density at radius 2 is 1.84 bits per heavy atom. The van der Waals surface area contributed by atoms with Crippen LogP contribution < -0.4 is 5.73 Å². The van der Waals surface area contributed by atoms with Crippen molar-refractivity contribution in [2.24, 2.45) is 23.5 Å². The molecule has 19 heavy (non-hydrogen) atoms. The summed E-state index contributed by atoms with van der Waals surface area (Å²) in [6.07, 6.45) is 3.58. The molecule has 5 nitrogen and oxygen atoms in total. The predicted molar refractivity (Wildman–Crippen MR) is 72.4 cm³/mol. The highest BCUT2D eigenvalue weighted by Crippen LogP contribution is 2.48. The minimum absolute atomic E-state index is 0.0862. The van der Waals surface area contributed by atoms with Crippen LogP contribution >= 0.6 is 0 Å². The quantitative estimate of drug-likeness (QED) is 0.723. The molecule has 0 radical (unpaired) electrons. The lowest BCUT2D eigenvalue weighted by molar-refractivity contribution is -0.139. The van der Waals surface area contributed by atoms with Crippen LogP contribution in [-0.4, -0.2) is 66.2 Å². The third-order valence-electron chi connectivity index (χ3n) is 5.37. The van der Waals surface area contributed by atoms with E-state index < -0.39 is 0 Å². The van der Waals surface area contributed by atoms with E-state index in [0.29, 0.717) is 17.7 Å². The molecule has 0 aromatic heterocycles. The lowest BCUT2D eigenvalue weighted by Crippen LogP contribution is -2.54. The molecule has 5 heteroatoms. The summed E-state index contributed by atoms with van der Waals surface area (Å²) in [7, 11) is 0. The summed E-state index contributed by atoms with van der Waals surface area (Å²) in [5.74, 6) is 1.52. The topological polar surface area (TPSA) is 69.8 Å². The van der Waals surface area contributed by atoms with Crippen LogP contribution in [0.3, 0.4) is 0 Å². The van der Waals surface area contributed by atoms with E-state index in [2.05, 4.69) is 4.90 Å². The lowest BCUT2D eigenvalue weighted by Gasteiger charge is -2.38. The van der Waals surface area contributed by atoms with Gasteiger partial charge in [-0.1, -0.05) is 0 Å². The molecule has 3 rings (SSSR count). The van der Waals surface area contributed by atoms with Gasteiger partial charge in [0.05, 0.1) is 12.5 Å². The second-order valence-electron chi connectivity index (χ2n) is 6.33. The molecule has 0 aromatic carbocycles. The van der Waals surface area contributed by atoms with E-state index in [-0.39, 0.29) is 18.6 Å². The Kier molecular flexibility index (Phi) is 3.78. The molecule has 3 fully saturated rings. The fourth-order valence-corrected chi connectivity index (χ4v) is 4.25. The summed E-state index contributed by atoms with van der Waals surface area (Å²) in [6.45, 7) is 4.25. The summed E-state index contributed by atoms with van der Waals surface area (Å²) in [4.78, 5) is 16.9. The second kappa shape index (κ2) is 5.38. The molecule has 3 aliphatic rings. The van der Waals surface area contributed by atoms with Crippen LogP contribution in [0.4, 0.5) is 0 Å². The van der Waals surface area contributed by atoms with Crippen LogP contribution in [0, 0.1) is 17.8 Å². The van der Waals surface area contributed by atoms with Crippen LogP contribution in [0.25, 0.3) is 0 Å². The van der Waals surface area contributed by atoms with Crippen LogP contribution in [-0.2, 0) is 4.79 Å². The SMILES string of the molecule is NC1C2CCC(C2)C1C(=O)N1CCN(CCO)CC1. The van der Waals surface area contributed by atoms with Crippen LogP contribution in [0.15, 0.2) is 0 Å². The molecule has 4 atom stereocenters. The number of piperazine rings is 1. The van der Waals surface area contributed by atoms with Crippen molar-refractivity contribution < 1.29 is 9.90 Å². The molecule has 2 bridgehead atoms. The van der Waals surface area contributed by atoms with Gasteiger partial charge in [0, 0.05) is 38.8 Å². The maximum atomic E-state index is 12.6. The monoisotopic (exact) mass is 267 g/mol. The van der Waals surface area contributed by atoms with Crippen molar-refractivity contribution in [3.63, 3.8) is 0 Å². The third-order valence-corrected chi connectivity index (χ3v) is 5.37. The molecule has 1 amide bonds. The molecule has 1 heterocycles. The van der Waals surface area contributed by atoms with E-state index in [4.69, 9.17) is 10.8 Å². The van der Waals surface area contributed by atoms with Crippen molar-refractivity contribution in [3.05, 3.63) is 0 Å². The van der Waals surface area contributed by atoms with Gasteiger partial charge in [0.2, 0.25) is 5.91 Å². The Balaban J connectivity index is 1.57. The van der Waals surface area contributed by atoms with Crippen molar-refractivity contribution in [2.75, 3.05) is 39.3 Å². The highest BCUT2D eigenvalue weighted by Gasteiger charge is 2.50. The van der Waals surface area contributed by atoms with E-state index in [1.165, 1.54) is 19.3 Å². The fourth-order valence-electron chi connectivity index (χ4n) is 4.25. The number of fused-ring (bicyclic) bond motifs is 2. The number of β-amino-alcohol motifs (C(OH)–C–C–N with tert-alkyl or cyclic N) is 1. The van der Waals surface area contributed by atoms with E-state index in [1.54, 1.807) is 0 Å². The number of aliphatic hydroxyl groups is 1.